The topological polar surface area (TPSA) is 47.9 Å². The SMILES string of the molecule is COc1cc2ccc(CO)cc2c(OC)c1OC. The van der Waals surface area contributed by atoms with E-state index in [-0.39, 0.29) is 6.61 Å². The molecule has 2 aromatic carbocycles. The molecule has 0 radical (unpaired) electrons. The molecule has 0 saturated heterocycles. The van der Waals surface area contributed by atoms with Crippen molar-refractivity contribution in [2.45, 2.75) is 6.61 Å². The molecule has 0 bridgehead atoms. The third kappa shape index (κ3) is 1.95. The first-order valence-electron chi connectivity index (χ1n) is 5.57. The van der Waals surface area contributed by atoms with Crippen LogP contribution in [0.2, 0.25) is 0 Å². The number of benzene rings is 2. The highest BCUT2D eigenvalue weighted by Crippen LogP contribution is 2.43. The predicted octanol–water partition coefficient (Wildman–Crippen LogP) is 2.36. The van der Waals surface area contributed by atoms with Crippen molar-refractivity contribution < 1.29 is 19.3 Å². The lowest BCUT2D eigenvalue weighted by Crippen LogP contribution is -1.96. The number of methoxy groups -OCH3 is 3. The van der Waals surface area contributed by atoms with Gasteiger partial charge >= 0.3 is 0 Å². The van der Waals surface area contributed by atoms with Gasteiger partial charge < -0.3 is 19.3 Å². The minimum atomic E-state index is -0.00651. The number of hydrogen-bond acceptors (Lipinski definition) is 4. The van der Waals surface area contributed by atoms with Gasteiger partial charge in [-0.2, -0.15) is 0 Å². The standard InChI is InChI=1S/C14H16O4/c1-16-12-7-10-5-4-9(8-15)6-11(10)13(17-2)14(12)18-3/h4-7,15H,8H2,1-3H3. The monoisotopic (exact) mass is 248 g/mol. The maximum absolute atomic E-state index is 9.19. The Kier molecular flexibility index (Phi) is 3.58. The molecular formula is C14H16O4. The fourth-order valence-corrected chi connectivity index (χ4v) is 2.01. The summed E-state index contributed by atoms with van der Waals surface area (Å²) in [6.45, 7) is -0.00651. The second-order valence-corrected chi connectivity index (χ2v) is 3.86. The van der Waals surface area contributed by atoms with Crippen molar-refractivity contribution in [3.05, 3.63) is 29.8 Å². The summed E-state index contributed by atoms with van der Waals surface area (Å²) >= 11 is 0. The van der Waals surface area contributed by atoms with E-state index < -0.39 is 0 Å². The molecule has 0 fully saturated rings. The molecule has 0 unspecified atom stereocenters. The van der Waals surface area contributed by atoms with Gasteiger partial charge in [-0.15, -0.1) is 0 Å². The second-order valence-electron chi connectivity index (χ2n) is 3.86. The predicted molar refractivity (Wildman–Crippen MR) is 69.5 cm³/mol. The number of aliphatic hydroxyl groups is 1. The lowest BCUT2D eigenvalue weighted by Gasteiger charge is -2.15. The van der Waals surface area contributed by atoms with Gasteiger partial charge in [-0.3, -0.25) is 0 Å². The van der Waals surface area contributed by atoms with Crippen LogP contribution in [0.15, 0.2) is 24.3 Å². The third-order valence-electron chi connectivity index (χ3n) is 2.89. The van der Waals surface area contributed by atoms with Crippen LogP contribution in [0, 0.1) is 0 Å². The Balaban J connectivity index is 2.79. The highest BCUT2D eigenvalue weighted by molar-refractivity contribution is 5.93. The van der Waals surface area contributed by atoms with E-state index in [1.165, 1.54) is 0 Å². The average Bonchev–Trinajstić information content (AvgIpc) is 2.44. The fraction of sp³-hybridized carbons (Fsp3) is 0.286. The summed E-state index contributed by atoms with van der Waals surface area (Å²) in [6, 6.07) is 7.56. The number of hydrogen-bond donors (Lipinski definition) is 1. The molecule has 0 amide bonds. The Morgan fingerprint density at radius 2 is 1.67 bits per heavy atom. The number of aliphatic hydroxyl groups excluding tert-OH is 1. The van der Waals surface area contributed by atoms with Crippen LogP contribution in [0.3, 0.4) is 0 Å². The Morgan fingerprint density at radius 3 is 2.22 bits per heavy atom. The lowest BCUT2D eigenvalue weighted by molar-refractivity contribution is 0.282. The minimum Gasteiger partial charge on any atom is -0.493 e. The van der Waals surface area contributed by atoms with Crippen LogP contribution < -0.4 is 14.2 Å². The normalized spacial score (nSPS) is 10.4. The second kappa shape index (κ2) is 5.14. The molecule has 1 N–H and O–H groups in total. The molecule has 0 spiro atoms. The van der Waals surface area contributed by atoms with Gasteiger partial charge in [0.25, 0.3) is 0 Å². The first-order valence-corrected chi connectivity index (χ1v) is 5.57. The van der Waals surface area contributed by atoms with E-state index in [0.29, 0.717) is 17.2 Å². The van der Waals surface area contributed by atoms with Crippen LogP contribution in [0.1, 0.15) is 5.56 Å². The molecule has 4 heteroatoms. The van der Waals surface area contributed by atoms with E-state index in [2.05, 4.69) is 0 Å². The van der Waals surface area contributed by atoms with Crippen molar-refractivity contribution in [3.8, 4) is 17.2 Å². The number of rotatable bonds is 4. The Labute approximate surface area is 106 Å². The summed E-state index contributed by atoms with van der Waals surface area (Å²) in [5, 5.41) is 11.1. The molecular weight excluding hydrogens is 232 g/mol. The van der Waals surface area contributed by atoms with E-state index in [1.54, 1.807) is 21.3 Å². The van der Waals surface area contributed by atoms with E-state index in [4.69, 9.17) is 14.2 Å². The zero-order valence-electron chi connectivity index (χ0n) is 10.7. The van der Waals surface area contributed by atoms with Crippen LogP contribution in [0.4, 0.5) is 0 Å². The van der Waals surface area contributed by atoms with Gasteiger partial charge in [-0.25, -0.2) is 0 Å². The Bertz CT molecular complexity index is 563. The van der Waals surface area contributed by atoms with Gasteiger partial charge in [0.1, 0.15) is 0 Å². The van der Waals surface area contributed by atoms with Crippen molar-refractivity contribution in [2.75, 3.05) is 21.3 Å². The zero-order valence-corrected chi connectivity index (χ0v) is 10.7. The van der Waals surface area contributed by atoms with E-state index in [9.17, 15) is 5.11 Å². The quantitative estimate of drug-likeness (QED) is 0.902. The summed E-state index contributed by atoms with van der Waals surface area (Å²) in [7, 11) is 4.75. The van der Waals surface area contributed by atoms with Gasteiger partial charge in [-0.1, -0.05) is 12.1 Å². The van der Waals surface area contributed by atoms with Gasteiger partial charge in [0.15, 0.2) is 11.5 Å². The zero-order chi connectivity index (χ0) is 13.1. The maximum atomic E-state index is 9.19. The van der Waals surface area contributed by atoms with Crippen LogP contribution in [-0.2, 0) is 6.61 Å². The highest BCUT2D eigenvalue weighted by atomic mass is 16.5. The lowest BCUT2D eigenvalue weighted by atomic mass is 10.1. The molecule has 0 saturated carbocycles. The van der Waals surface area contributed by atoms with E-state index in [0.717, 1.165) is 16.3 Å². The van der Waals surface area contributed by atoms with Gasteiger partial charge in [0.05, 0.1) is 27.9 Å². The van der Waals surface area contributed by atoms with Gasteiger partial charge in [0, 0.05) is 5.39 Å². The van der Waals surface area contributed by atoms with Crippen LogP contribution in [0.25, 0.3) is 10.8 Å². The van der Waals surface area contributed by atoms with Crippen molar-refractivity contribution in [1.29, 1.82) is 0 Å². The minimum absolute atomic E-state index is 0.00651. The number of fused-ring (bicyclic) bond motifs is 1. The fourth-order valence-electron chi connectivity index (χ4n) is 2.01. The Hall–Kier alpha value is -1.94. The van der Waals surface area contributed by atoms with Gasteiger partial charge in [-0.05, 0) is 23.1 Å². The molecule has 0 aliphatic carbocycles. The molecule has 0 aliphatic heterocycles. The van der Waals surface area contributed by atoms with E-state index in [1.807, 2.05) is 24.3 Å². The summed E-state index contributed by atoms with van der Waals surface area (Å²) in [5.74, 6) is 1.79. The molecule has 2 rings (SSSR count). The maximum Gasteiger partial charge on any atom is 0.203 e. The smallest absolute Gasteiger partial charge is 0.203 e. The van der Waals surface area contributed by atoms with Crippen molar-refractivity contribution >= 4 is 10.8 Å². The number of ether oxygens (including phenoxy) is 3. The summed E-state index contributed by atoms with van der Waals surface area (Å²) in [5.41, 5.74) is 0.827. The molecule has 0 aliphatic rings. The van der Waals surface area contributed by atoms with Crippen molar-refractivity contribution in [1.82, 2.24) is 0 Å². The summed E-state index contributed by atoms with van der Waals surface area (Å²) in [4.78, 5) is 0. The largest absolute Gasteiger partial charge is 0.493 e. The van der Waals surface area contributed by atoms with Crippen molar-refractivity contribution in [3.63, 3.8) is 0 Å². The first-order chi connectivity index (χ1) is 8.74. The molecule has 0 atom stereocenters. The highest BCUT2D eigenvalue weighted by Gasteiger charge is 2.15. The summed E-state index contributed by atoms with van der Waals surface area (Å²) in [6.07, 6.45) is 0. The molecule has 0 heterocycles. The molecule has 18 heavy (non-hydrogen) atoms. The average molecular weight is 248 g/mol. The molecule has 96 valence electrons. The van der Waals surface area contributed by atoms with Crippen LogP contribution >= 0.6 is 0 Å². The van der Waals surface area contributed by atoms with Crippen LogP contribution in [-0.4, -0.2) is 26.4 Å². The van der Waals surface area contributed by atoms with E-state index >= 15 is 0 Å². The molecule has 4 nitrogen and oxygen atoms in total. The molecule has 0 aromatic heterocycles. The first kappa shape index (κ1) is 12.5. The third-order valence-corrected chi connectivity index (χ3v) is 2.89. The Morgan fingerprint density at radius 1 is 0.944 bits per heavy atom. The summed E-state index contributed by atoms with van der Waals surface area (Å²) < 4.78 is 16.0. The van der Waals surface area contributed by atoms with Crippen molar-refractivity contribution in [2.24, 2.45) is 0 Å². The molecule has 2 aromatic rings. The van der Waals surface area contributed by atoms with Gasteiger partial charge in [0.2, 0.25) is 5.75 Å². The van der Waals surface area contributed by atoms with Crippen LogP contribution in [0.5, 0.6) is 17.2 Å².